The molecule has 0 aliphatic carbocycles. The molecule has 0 aliphatic heterocycles. The van der Waals surface area contributed by atoms with Crippen LogP contribution in [0.2, 0.25) is 0 Å². The highest BCUT2D eigenvalue weighted by atomic mass is 32.1. The fourth-order valence-electron chi connectivity index (χ4n) is 1.96. The molecule has 18 heavy (non-hydrogen) atoms. The first-order valence-corrected chi connectivity index (χ1v) is 7.62. The van der Waals surface area contributed by atoms with E-state index < -0.39 is 0 Å². The number of thiazole rings is 1. The highest BCUT2D eigenvalue weighted by Gasteiger charge is 2.15. The van der Waals surface area contributed by atoms with E-state index in [-0.39, 0.29) is 0 Å². The molecule has 104 valence electrons. The highest BCUT2D eigenvalue weighted by Crippen LogP contribution is 2.20. The lowest BCUT2D eigenvalue weighted by Gasteiger charge is -2.23. The zero-order chi connectivity index (χ0) is 13.6. The quantitative estimate of drug-likeness (QED) is 0.748. The van der Waals surface area contributed by atoms with Gasteiger partial charge in [0.15, 0.2) is 0 Å². The molecule has 1 aromatic heterocycles. The molecule has 1 unspecified atom stereocenters. The third kappa shape index (κ3) is 6.47. The van der Waals surface area contributed by atoms with Crippen LogP contribution < -0.4 is 11.1 Å². The van der Waals surface area contributed by atoms with Gasteiger partial charge in [0, 0.05) is 23.7 Å². The van der Waals surface area contributed by atoms with Crippen molar-refractivity contribution in [2.24, 2.45) is 11.1 Å². The molecule has 0 saturated heterocycles. The number of hydrogen-bond donors (Lipinski definition) is 2. The summed E-state index contributed by atoms with van der Waals surface area (Å²) in [5, 5.41) is 4.60. The summed E-state index contributed by atoms with van der Waals surface area (Å²) < 4.78 is 0. The Kier molecular flexibility index (Phi) is 6.26. The molecule has 1 atom stereocenters. The van der Waals surface area contributed by atoms with Crippen LogP contribution in [0.3, 0.4) is 0 Å². The first-order chi connectivity index (χ1) is 8.40. The van der Waals surface area contributed by atoms with E-state index >= 15 is 0 Å². The van der Waals surface area contributed by atoms with Gasteiger partial charge in [0.25, 0.3) is 0 Å². The third-order valence-electron chi connectivity index (χ3n) is 2.79. The maximum Gasteiger partial charge on any atom is 0.107 e. The smallest absolute Gasteiger partial charge is 0.107 e. The van der Waals surface area contributed by atoms with Crippen molar-refractivity contribution in [1.82, 2.24) is 10.3 Å². The van der Waals surface area contributed by atoms with E-state index in [0.717, 1.165) is 32.4 Å². The van der Waals surface area contributed by atoms with Crippen LogP contribution in [0, 0.1) is 5.41 Å². The Morgan fingerprint density at radius 3 is 2.72 bits per heavy atom. The highest BCUT2D eigenvalue weighted by molar-refractivity contribution is 7.11. The molecule has 4 heteroatoms. The van der Waals surface area contributed by atoms with Crippen LogP contribution in [0.25, 0.3) is 0 Å². The number of nitrogens with one attached hydrogen (secondary N) is 1. The average Bonchev–Trinajstić information content (AvgIpc) is 2.70. The average molecular weight is 269 g/mol. The molecule has 0 spiro atoms. The van der Waals surface area contributed by atoms with Gasteiger partial charge in [-0.15, -0.1) is 11.3 Å². The van der Waals surface area contributed by atoms with Crippen molar-refractivity contribution in [2.75, 3.05) is 6.54 Å². The summed E-state index contributed by atoms with van der Waals surface area (Å²) in [6.07, 6.45) is 5.16. The molecule has 3 N–H and O–H groups in total. The van der Waals surface area contributed by atoms with Crippen molar-refractivity contribution in [1.29, 1.82) is 0 Å². The Morgan fingerprint density at radius 1 is 1.44 bits per heavy atom. The van der Waals surface area contributed by atoms with Gasteiger partial charge in [-0.3, -0.25) is 0 Å². The minimum absolute atomic E-state index is 0.292. The van der Waals surface area contributed by atoms with Crippen molar-refractivity contribution in [3.05, 3.63) is 16.1 Å². The molecule has 0 aromatic carbocycles. The van der Waals surface area contributed by atoms with E-state index in [0.29, 0.717) is 11.5 Å². The first kappa shape index (κ1) is 15.6. The number of nitrogens with zero attached hydrogens (tertiary/aromatic N) is 1. The number of aryl methyl sites for hydroxylation is 1. The lowest BCUT2D eigenvalue weighted by Crippen LogP contribution is -2.30. The second-order valence-corrected chi connectivity index (χ2v) is 7.26. The molecule has 3 nitrogen and oxygen atoms in total. The summed E-state index contributed by atoms with van der Waals surface area (Å²) in [4.78, 5) is 5.75. The zero-order valence-electron chi connectivity index (χ0n) is 12.1. The molecular weight excluding hydrogens is 242 g/mol. The van der Waals surface area contributed by atoms with E-state index in [1.807, 2.05) is 6.20 Å². The Labute approximate surface area is 115 Å². The van der Waals surface area contributed by atoms with Crippen LogP contribution in [-0.2, 0) is 13.0 Å². The Hall–Kier alpha value is -0.450. The van der Waals surface area contributed by atoms with Gasteiger partial charge in [0.2, 0.25) is 0 Å². The third-order valence-corrected chi connectivity index (χ3v) is 3.93. The van der Waals surface area contributed by atoms with E-state index in [1.165, 1.54) is 9.88 Å². The number of nitrogens with two attached hydrogens (primary N) is 1. The number of rotatable bonds is 7. The van der Waals surface area contributed by atoms with Crippen LogP contribution in [0.4, 0.5) is 0 Å². The Morgan fingerprint density at radius 2 is 2.17 bits per heavy atom. The van der Waals surface area contributed by atoms with Gasteiger partial charge >= 0.3 is 0 Å². The van der Waals surface area contributed by atoms with Crippen molar-refractivity contribution < 1.29 is 0 Å². The van der Waals surface area contributed by atoms with Crippen LogP contribution in [-0.4, -0.2) is 17.6 Å². The van der Waals surface area contributed by atoms with Crippen LogP contribution >= 0.6 is 11.3 Å². The Bertz CT molecular complexity index is 341. The molecule has 0 aliphatic rings. The second kappa shape index (κ2) is 7.22. The molecule has 0 saturated carbocycles. The zero-order valence-corrected chi connectivity index (χ0v) is 12.9. The lowest BCUT2D eigenvalue weighted by atomic mass is 9.87. The van der Waals surface area contributed by atoms with Gasteiger partial charge in [-0.25, -0.2) is 4.98 Å². The molecule has 0 amide bonds. The Balaban J connectivity index is 2.15. The van der Waals surface area contributed by atoms with Crippen LogP contribution in [0.5, 0.6) is 0 Å². The maximum atomic E-state index is 6.11. The van der Waals surface area contributed by atoms with Crippen LogP contribution in [0.1, 0.15) is 50.4 Å². The van der Waals surface area contributed by atoms with Gasteiger partial charge < -0.3 is 11.1 Å². The predicted octanol–water partition coefficient (Wildman–Crippen LogP) is 2.95. The van der Waals surface area contributed by atoms with E-state index in [9.17, 15) is 0 Å². The standard InChI is InChI=1S/C14H27N3S/c1-5-12-9-17-13(18-12)10-16-7-6-11(15)8-14(2,3)4/h9,11,16H,5-8,10,15H2,1-4H3. The molecule has 1 rings (SSSR count). The van der Waals surface area contributed by atoms with Gasteiger partial charge in [0.1, 0.15) is 5.01 Å². The molecular formula is C14H27N3S. The molecule has 0 fully saturated rings. The summed E-state index contributed by atoms with van der Waals surface area (Å²) in [6, 6.07) is 0.292. The van der Waals surface area contributed by atoms with Crippen molar-refractivity contribution in [2.45, 2.75) is 59.5 Å². The van der Waals surface area contributed by atoms with Crippen molar-refractivity contribution in [3.8, 4) is 0 Å². The number of aromatic nitrogens is 1. The van der Waals surface area contributed by atoms with Gasteiger partial charge in [-0.05, 0) is 31.2 Å². The first-order valence-electron chi connectivity index (χ1n) is 6.80. The van der Waals surface area contributed by atoms with Crippen LogP contribution in [0.15, 0.2) is 6.20 Å². The fraction of sp³-hybridized carbons (Fsp3) is 0.786. The van der Waals surface area contributed by atoms with Crippen molar-refractivity contribution >= 4 is 11.3 Å². The normalized spacial score (nSPS) is 13.8. The predicted molar refractivity (Wildman–Crippen MR) is 79.9 cm³/mol. The minimum Gasteiger partial charge on any atom is -0.328 e. The molecule has 1 aromatic rings. The van der Waals surface area contributed by atoms with Crippen molar-refractivity contribution in [3.63, 3.8) is 0 Å². The van der Waals surface area contributed by atoms with Gasteiger partial charge in [0.05, 0.1) is 0 Å². The topological polar surface area (TPSA) is 50.9 Å². The largest absolute Gasteiger partial charge is 0.328 e. The molecule has 0 radical (unpaired) electrons. The monoisotopic (exact) mass is 269 g/mol. The van der Waals surface area contributed by atoms with Gasteiger partial charge in [-0.2, -0.15) is 0 Å². The maximum absolute atomic E-state index is 6.11. The molecule has 1 heterocycles. The summed E-state index contributed by atoms with van der Waals surface area (Å²) in [5.74, 6) is 0. The molecule has 0 bridgehead atoms. The summed E-state index contributed by atoms with van der Waals surface area (Å²) >= 11 is 1.80. The SMILES string of the molecule is CCc1cnc(CNCCC(N)CC(C)(C)C)s1. The summed E-state index contributed by atoms with van der Waals surface area (Å²) in [5.41, 5.74) is 6.44. The lowest BCUT2D eigenvalue weighted by molar-refractivity contribution is 0.329. The fourth-order valence-corrected chi connectivity index (χ4v) is 2.80. The van der Waals surface area contributed by atoms with Gasteiger partial charge in [-0.1, -0.05) is 27.7 Å². The second-order valence-electron chi connectivity index (χ2n) is 6.06. The van der Waals surface area contributed by atoms with E-state index in [2.05, 4.69) is 38.0 Å². The minimum atomic E-state index is 0.292. The van der Waals surface area contributed by atoms with E-state index in [1.54, 1.807) is 11.3 Å². The van der Waals surface area contributed by atoms with E-state index in [4.69, 9.17) is 5.73 Å². The number of hydrogen-bond acceptors (Lipinski definition) is 4. The summed E-state index contributed by atoms with van der Waals surface area (Å²) in [6.45, 7) is 10.7. The summed E-state index contributed by atoms with van der Waals surface area (Å²) in [7, 11) is 0.